The highest BCUT2D eigenvalue weighted by atomic mass is 16.2. The van der Waals surface area contributed by atoms with Crippen LogP contribution in [0.2, 0.25) is 0 Å². The summed E-state index contributed by atoms with van der Waals surface area (Å²) in [5.41, 5.74) is 4.61. The molecule has 2 aromatic carbocycles. The number of nitrogens with zero attached hydrogens (tertiary/aromatic N) is 2. The van der Waals surface area contributed by atoms with Gasteiger partial charge in [-0.2, -0.15) is 0 Å². The lowest BCUT2D eigenvalue weighted by Gasteiger charge is -2.35. The van der Waals surface area contributed by atoms with Crippen molar-refractivity contribution in [1.82, 2.24) is 0 Å². The molecule has 0 spiro atoms. The van der Waals surface area contributed by atoms with Crippen LogP contribution in [-0.2, 0) is 11.2 Å². The second-order valence-corrected chi connectivity index (χ2v) is 6.14. The van der Waals surface area contributed by atoms with E-state index < -0.39 is 0 Å². The number of carbonyl (C=O) groups is 1. The van der Waals surface area contributed by atoms with Crippen molar-refractivity contribution < 1.29 is 4.79 Å². The molecule has 0 bridgehead atoms. The van der Waals surface area contributed by atoms with Crippen molar-refractivity contribution in [2.24, 2.45) is 0 Å². The van der Waals surface area contributed by atoms with E-state index in [9.17, 15) is 4.79 Å². The molecule has 2 aliphatic heterocycles. The van der Waals surface area contributed by atoms with E-state index >= 15 is 0 Å². The lowest BCUT2D eigenvalue weighted by atomic mass is 10.0. The third kappa shape index (κ3) is 2.65. The molecule has 118 valence electrons. The fourth-order valence-corrected chi connectivity index (χ4v) is 3.55. The third-order valence-electron chi connectivity index (χ3n) is 4.68. The van der Waals surface area contributed by atoms with Crippen molar-refractivity contribution in [2.45, 2.75) is 12.8 Å². The summed E-state index contributed by atoms with van der Waals surface area (Å²) in [6.45, 7) is 3.00. The number of nitrogens with one attached hydrogen (secondary N) is 1. The normalized spacial score (nSPS) is 16.3. The molecule has 0 saturated heterocycles. The smallest absolute Gasteiger partial charge is 0.246 e. The van der Waals surface area contributed by atoms with E-state index in [1.165, 1.54) is 5.56 Å². The molecule has 0 saturated carbocycles. The maximum Gasteiger partial charge on any atom is 0.246 e. The first kappa shape index (κ1) is 14.1. The van der Waals surface area contributed by atoms with Crippen molar-refractivity contribution in [1.29, 1.82) is 0 Å². The molecular formula is C19H21N3O. The molecule has 0 atom stereocenters. The Morgan fingerprint density at radius 2 is 1.78 bits per heavy atom. The van der Waals surface area contributed by atoms with Gasteiger partial charge in [-0.15, -0.1) is 0 Å². The van der Waals surface area contributed by atoms with Crippen molar-refractivity contribution in [2.75, 3.05) is 41.3 Å². The van der Waals surface area contributed by atoms with E-state index in [1.54, 1.807) is 0 Å². The van der Waals surface area contributed by atoms with Gasteiger partial charge in [0.25, 0.3) is 0 Å². The number of hydrogen-bond donors (Lipinski definition) is 1. The third-order valence-corrected chi connectivity index (χ3v) is 4.68. The number of carbonyl (C=O) groups excluding carboxylic acids is 1. The van der Waals surface area contributed by atoms with Crippen molar-refractivity contribution in [3.63, 3.8) is 0 Å². The Balaban J connectivity index is 1.56. The van der Waals surface area contributed by atoms with Gasteiger partial charge < -0.3 is 15.1 Å². The average Bonchev–Trinajstić information content (AvgIpc) is 2.61. The van der Waals surface area contributed by atoms with Gasteiger partial charge in [-0.1, -0.05) is 30.3 Å². The van der Waals surface area contributed by atoms with E-state index in [0.717, 1.165) is 49.5 Å². The van der Waals surface area contributed by atoms with Gasteiger partial charge >= 0.3 is 0 Å². The number of aryl methyl sites for hydroxylation is 1. The van der Waals surface area contributed by atoms with E-state index in [0.29, 0.717) is 6.54 Å². The van der Waals surface area contributed by atoms with Gasteiger partial charge in [0.1, 0.15) is 0 Å². The van der Waals surface area contributed by atoms with Gasteiger partial charge in [-0.3, -0.25) is 4.79 Å². The highest BCUT2D eigenvalue weighted by Crippen LogP contribution is 2.30. The molecule has 4 nitrogen and oxygen atoms in total. The second-order valence-electron chi connectivity index (χ2n) is 6.14. The zero-order valence-corrected chi connectivity index (χ0v) is 13.2. The largest absolute Gasteiger partial charge is 0.382 e. The van der Waals surface area contributed by atoms with Crippen LogP contribution in [-0.4, -0.2) is 32.1 Å². The van der Waals surface area contributed by atoms with Crippen LogP contribution in [0.1, 0.15) is 12.0 Å². The summed E-state index contributed by atoms with van der Waals surface area (Å²) >= 11 is 0. The molecule has 0 aromatic heterocycles. The van der Waals surface area contributed by atoms with Crippen LogP contribution in [0.25, 0.3) is 0 Å². The van der Waals surface area contributed by atoms with Crippen LogP contribution >= 0.6 is 0 Å². The summed E-state index contributed by atoms with van der Waals surface area (Å²) < 4.78 is 0. The predicted octanol–water partition coefficient (Wildman–Crippen LogP) is 2.90. The Hall–Kier alpha value is -2.49. The number of benzene rings is 2. The first-order valence-electron chi connectivity index (χ1n) is 8.29. The van der Waals surface area contributed by atoms with Crippen molar-refractivity contribution in [3.8, 4) is 0 Å². The van der Waals surface area contributed by atoms with Gasteiger partial charge in [0, 0.05) is 25.3 Å². The molecule has 1 N–H and O–H groups in total. The van der Waals surface area contributed by atoms with Gasteiger partial charge in [0.2, 0.25) is 5.91 Å². The molecule has 0 aliphatic carbocycles. The Morgan fingerprint density at radius 1 is 1.00 bits per heavy atom. The molecular weight excluding hydrogens is 286 g/mol. The quantitative estimate of drug-likeness (QED) is 0.926. The lowest BCUT2D eigenvalue weighted by molar-refractivity contribution is -0.117. The molecule has 0 unspecified atom stereocenters. The Bertz CT molecular complexity index is 728. The number of anilines is 3. The molecule has 0 radical (unpaired) electrons. The number of para-hydroxylation sites is 3. The average molecular weight is 307 g/mol. The summed E-state index contributed by atoms with van der Waals surface area (Å²) in [7, 11) is 0. The molecule has 0 fully saturated rings. The monoisotopic (exact) mass is 307 g/mol. The summed E-state index contributed by atoms with van der Waals surface area (Å²) in [6, 6.07) is 16.5. The van der Waals surface area contributed by atoms with Gasteiger partial charge in [0.15, 0.2) is 0 Å². The number of rotatable bonds is 2. The van der Waals surface area contributed by atoms with Gasteiger partial charge in [-0.05, 0) is 36.6 Å². The predicted molar refractivity (Wildman–Crippen MR) is 94.3 cm³/mol. The minimum Gasteiger partial charge on any atom is -0.382 e. The molecule has 4 heteroatoms. The van der Waals surface area contributed by atoms with Crippen LogP contribution in [0.15, 0.2) is 48.5 Å². The second kappa shape index (κ2) is 5.95. The van der Waals surface area contributed by atoms with Crippen molar-refractivity contribution in [3.05, 3.63) is 54.1 Å². The minimum absolute atomic E-state index is 0.189. The topological polar surface area (TPSA) is 35.6 Å². The van der Waals surface area contributed by atoms with E-state index in [4.69, 9.17) is 0 Å². The molecule has 2 aromatic rings. The fraction of sp³-hybridized carbons (Fsp3) is 0.316. The van der Waals surface area contributed by atoms with Crippen LogP contribution in [0.3, 0.4) is 0 Å². The van der Waals surface area contributed by atoms with Crippen LogP contribution in [0.5, 0.6) is 0 Å². The van der Waals surface area contributed by atoms with Crippen molar-refractivity contribution >= 4 is 23.0 Å². The molecule has 1 amide bonds. The summed E-state index contributed by atoms with van der Waals surface area (Å²) in [5.74, 6) is 0.189. The Labute approximate surface area is 136 Å². The molecule has 23 heavy (non-hydrogen) atoms. The molecule has 4 rings (SSSR count). The van der Waals surface area contributed by atoms with Crippen LogP contribution in [0.4, 0.5) is 17.1 Å². The first-order valence-corrected chi connectivity index (χ1v) is 8.29. The summed E-state index contributed by atoms with van der Waals surface area (Å²) in [6.07, 6.45) is 2.11. The van der Waals surface area contributed by atoms with Gasteiger partial charge in [0.05, 0.1) is 17.9 Å². The zero-order chi connectivity index (χ0) is 15.6. The van der Waals surface area contributed by atoms with Crippen LogP contribution < -0.4 is 15.1 Å². The first-order chi connectivity index (χ1) is 11.3. The highest BCUT2D eigenvalue weighted by molar-refractivity contribution is 5.98. The summed E-state index contributed by atoms with van der Waals surface area (Å²) in [4.78, 5) is 17.1. The fourth-order valence-electron chi connectivity index (χ4n) is 3.55. The number of hydrogen-bond acceptors (Lipinski definition) is 3. The highest BCUT2D eigenvalue weighted by Gasteiger charge is 2.25. The molecule has 2 aliphatic rings. The van der Waals surface area contributed by atoms with Gasteiger partial charge in [-0.25, -0.2) is 0 Å². The lowest BCUT2D eigenvalue weighted by Crippen LogP contribution is -2.45. The van der Waals surface area contributed by atoms with Crippen LogP contribution in [0, 0.1) is 0 Å². The maximum absolute atomic E-state index is 12.9. The Morgan fingerprint density at radius 3 is 2.70 bits per heavy atom. The molecule has 2 heterocycles. The van der Waals surface area contributed by atoms with E-state index in [1.807, 2.05) is 23.1 Å². The van der Waals surface area contributed by atoms with E-state index in [-0.39, 0.29) is 5.91 Å². The SMILES string of the molecule is O=C(CN1CCNc2ccccc21)N1CCCc2ccccc21. The number of amides is 1. The summed E-state index contributed by atoms with van der Waals surface area (Å²) in [5, 5.41) is 3.39. The van der Waals surface area contributed by atoms with E-state index in [2.05, 4.69) is 40.5 Å². The Kier molecular flexibility index (Phi) is 3.66. The maximum atomic E-state index is 12.9. The number of fused-ring (bicyclic) bond motifs is 2. The zero-order valence-electron chi connectivity index (χ0n) is 13.2. The minimum atomic E-state index is 0.189. The standard InChI is InChI=1S/C19H21N3O/c23-19(22-12-5-7-15-6-1-3-9-17(15)22)14-21-13-11-20-16-8-2-4-10-18(16)21/h1-4,6,8-10,20H,5,7,11-14H2.